The molecular formula is C54H32N10Na6O20S6. The van der Waals surface area contributed by atoms with Crippen LogP contribution in [0.3, 0.4) is 0 Å². The molecule has 0 spiro atoms. The van der Waals surface area contributed by atoms with Crippen LogP contribution in [0, 0.1) is 12.1 Å². The second-order valence-corrected chi connectivity index (χ2v) is 24.3. The first-order valence-corrected chi connectivity index (χ1v) is 31.9. The van der Waals surface area contributed by atoms with Crippen molar-refractivity contribution >= 4 is 174 Å². The average molecular weight is 1470 g/mol. The summed E-state index contributed by atoms with van der Waals surface area (Å²) in [5, 5.41) is 57.3. The minimum atomic E-state index is -5.49. The van der Waals surface area contributed by atoms with Gasteiger partial charge in [-0.15, -0.1) is 70.9 Å². The van der Waals surface area contributed by atoms with Crippen LogP contribution in [0.4, 0.5) is 56.9 Å². The molecule has 10 aromatic rings. The Morgan fingerprint density at radius 3 is 1.31 bits per heavy atom. The summed E-state index contributed by atoms with van der Waals surface area (Å²) in [6.45, 7) is 0. The number of phenolic OH excluding ortho intramolecular Hbond substituents is 2. The predicted molar refractivity (Wildman–Crippen MR) is 315 cm³/mol. The van der Waals surface area contributed by atoms with Crippen LogP contribution in [0.25, 0.3) is 55.2 Å². The zero-order chi connectivity index (χ0) is 65.6. The third kappa shape index (κ3) is 22.5. The van der Waals surface area contributed by atoms with Gasteiger partial charge in [0.15, 0.2) is 5.75 Å². The number of hydrogen-bond donors (Lipinski definition) is 4. The number of anilines is 2. The largest absolute Gasteiger partial charge is 1.00 e. The molecule has 10 rings (SSSR count). The van der Waals surface area contributed by atoms with Crippen molar-refractivity contribution < 1.29 is 265 Å². The standard InChI is InChI=1S/C54H36N10O14S4.6Na.2O3S/c55-41-20-23-45(61-59-43-5-1-3-30-12-17-35(26-38(30)43)79(67,68)69)37-19-22-47(53(65)50(37)41)63-57-33-14-8-29(9-15-33)7-10-32-11-16-34(25-48(32)81(73,74)75)58-64-52-49(82(76,77)78)28-40-46(24-21-42(56)51(40)54(52)66)62-60-44-6-2-4-31-13-18-36(27-39(31)44)80(70,71)72;;;;;;;2*1-4(2)3/h1-8,10-21,23-28,65-66H,55-56H2,(H,67,68,69)(H,70,71,72)(H,73,74,75)(H,76,77,78);;;;;;;;/q-2;6*+1;;/p-4/b10-7+,61-59?,62-60?,63-57?,64-58?;;;;;;;;. The van der Waals surface area contributed by atoms with Crippen molar-refractivity contribution in [3.63, 3.8) is 0 Å². The molecular weight excluding hydrogens is 1440 g/mol. The van der Waals surface area contributed by atoms with Gasteiger partial charge in [-0.3, -0.25) is 0 Å². The van der Waals surface area contributed by atoms with E-state index < -0.39 is 92.7 Å². The molecule has 0 aliphatic heterocycles. The summed E-state index contributed by atoms with van der Waals surface area (Å²) in [5.74, 6) is -1.34. The first kappa shape index (κ1) is 87.5. The van der Waals surface area contributed by atoms with Gasteiger partial charge in [0.2, 0.25) is 0 Å². The second kappa shape index (κ2) is 37.2. The third-order valence-corrected chi connectivity index (χ3v) is 15.8. The maximum atomic E-state index is 12.7. The maximum Gasteiger partial charge on any atom is 1.00 e. The van der Waals surface area contributed by atoms with Crippen LogP contribution in [-0.4, -0.2) is 87.3 Å². The molecule has 0 aliphatic carbocycles. The molecule has 0 heterocycles. The van der Waals surface area contributed by atoms with Crippen LogP contribution in [0.15, 0.2) is 206 Å². The number of aromatic hydroxyl groups is 2. The quantitative estimate of drug-likeness (QED) is 0.0196. The molecule has 42 heteroatoms. The van der Waals surface area contributed by atoms with E-state index >= 15 is 0 Å². The number of fused-ring (bicyclic) bond motifs is 4. The smallest absolute Gasteiger partial charge is 0.744 e. The normalized spacial score (nSPS) is 11.6. The van der Waals surface area contributed by atoms with Crippen LogP contribution in [0.5, 0.6) is 11.5 Å². The van der Waals surface area contributed by atoms with Gasteiger partial charge in [-0.1, -0.05) is 59.3 Å². The number of azo groups is 4. The molecule has 0 bridgehead atoms. The van der Waals surface area contributed by atoms with Crippen LogP contribution in [0.2, 0.25) is 0 Å². The van der Waals surface area contributed by atoms with Crippen molar-refractivity contribution in [3.05, 3.63) is 169 Å². The Balaban J connectivity index is 0.00000212. The number of hydrogen-bond acceptors (Lipinski definition) is 30. The topological polar surface area (TPSA) is 523 Å². The number of nitrogen functional groups attached to an aromatic ring is 2. The van der Waals surface area contributed by atoms with Crippen molar-refractivity contribution in [1.82, 2.24) is 0 Å². The average Bonchev–Trinajstić information content (AvgIpc) is 0.762. The molecule has 6 N–H and O–H groups in total. The Hall–Kier alpha value is -4.54. The molecule has 0 amide bonds. The van der Waals surface area contributed by atoms with E-state index in [4.69, 9.17) is 36.7 Å². The molecule has 0 saturated carbocycles. The Labute approximate surface area is 680 Å². The van der Waals surface area contributed by atoms with Gasteiger partial charge in [0.25, 0.3) is 0 Å². The summed E-state index contributed by atoms with van der Waals surface area (Å²) in [6, 6.07) is 38.5. The third-order valence-electron chi connectivity index (χ3n) is 12.4. The Morgan fingerprint density at radius 1 is 0.406 bits per heavy atom. The summed E-state index contributed by atoms with van der Waals surface area (Å²) in [4.78, 5) is -2.86. The second-order valence-electron chi connectivity index (χ2n) is 18.0. The van der Waals surface area contributed by atoms with E-state index in [1.165, 1.54) is 97.1 Å². The number of nitrogens with two attached hydrogens (primary N) is 2. The molecule has 0 radical (unpaired) electrons. The molecule has 0 fully saturated rings. The summed E-state index contributed by atoms with van der Waals surface area (Å²) in [6.07, 6.45) is 2.69. The van der Waals surface area contributed by atoms with Gasteiger partial charge in [-0.2, -0.15) is 38.2 Å². The van der Waals surface area contributed by atoms with Crippen molar-refractivity contribution in [2.75, 3.05) is 11.5 Å². The molecule has 0 saturated heterocycles. The summed E-state index contributed by atoms with van der Waals surface area (Å²) in [7, 11) is -26.5. The van der Waals surface area contributed by atoms with Crippen LogP contribution in [0.1, 0.15) is 11.1 Å². The van der Waals surface area contributed by atoms with E-state index in [0.717, 1.165) is 24.3 Å². The number of nitrogens with zero attached hydrogens (tertiary/aromatic N) is 8. The predicted octanol–water partition coefficient (Wildman–Crippen LogP) is -8.06. The fourth-order valence-electron chi connectivity index (χ4n) is 8.47. The Kier molecular flexibility index (Phi) is 33.9. The monoisotopic (exact) mass is 1470 g/mol. The van der Waals surface area contributed by atoms with Gasteiger partial charge in [0.05, 0.1) is 47.7 Å². The SMILES string of the molecule is Nc1ccc(N=Nc2cccc3ccc(S(=O)(=O)[O-])cc23)c2c[c-]c(N=Nc3c[c-]c(/C=C/c4ccc(N=Nc5c(S(=O)(=O)[O-])cc6c(N=Nc7cccc8ccc(S(=O)(=O)[O-])cc78)ccc(N)c6c5O)cc4S(=O)(=O)[O-])cc3)c(O)c12.O=S(=O)=O.O=S(=O)=O.[Na+].[Na+].[Na+].[Na+].[Na+].[Na+]. The van der Waals surface area contributed by atoms with E-state index in [0.29, 0.717) is 27.1 Å². The maximum absolute atomic E-state index is 12.7. The van der Waals surface area contributed by atoms with Crippen molar-refractivity contribution in [2.24, 2.45) is 40.9 Å². The van der Waals surface area contributed by atoms with Gasteiger partial charge < -0.3 is 39.9 Å². The number of phenols is 2. The molecule has 0 aromatic heterocycles. The fraction of sp³-hybridized carbons (Fsp3) is 0. The van der Waals surface area contributed by atoms with E-state index in [9.17, 15) is 62.1 Å². The van der Waals surface area contributed by atoms with Gasteiger partial charge in [-0.05, 0) is 95.2 Å². The Morgan fingerprint density at radius 2 is 0.854 bits per heavy atom. The number of rotatable bonds is 14. The molecule has 0 unspecified atom stereocenters. The van der Waals surface area contributed by atoms with E-state index in [1.807, 2.05) is 0 Å². The van der Waals surface area contributed by atoms with Crippen molar-refractivity contribution in [2.45, 2.75) is 19.6 Å². The zero-order valence-corrected chi connectivity index (χ0v) is 67.3. The van der Waals surface area contributed by atoms with Crippen LogP contribution in [-0.2, 0) is 61.7 Å². The van der Waals surface area contributed by atoms with E-state index in [2.05, 4.69) is 53.0 Å². The van der Waals surface area contributed by atoms with Crippen molar-refractivity contribution in [1.29, 1.82) is 0 Å². The first-order chi connectivity index (χ1) is 42.3. The van der Waals surface area contributed by atoms with Crippen molar-refractivity contribution in [3.8, 4) is 11.5 Å². The number of benzene rings is 10. The summed E-state index contributed by atoms with van der Waals surface area (Å²) < 4.78 is 197. The fourth-order valence-corrected chi connectivity index (χ4v) is 10.8. The Bertz CT molecular complexity index is 5500. The minimum absolute atomic E-state index is 0. The minimum Gasteiger partial charge on any atom is -0.744 e. The van der Waals surface area contributed by atoms with E-state index in [1.54, 1.807) is 36.4 Å². The van der Waals surface area contributed by atoms with Gasteiger partial charge in [0, 0.05) is 50.3 Å². The van der Waals surface area contributed by atoms with Gasteiger partial charge in [0.1, 0.15) is 46.2 Å². The molecule has 10 aromatic carbocycles. The van der Waals surface area contributed by atoms with Crippen LogP contribution >= 0.6 is 0 Å². The molecule has 30 nitrogen and oxygen atoms in total. The zero-order valence-electron chi connectivity index (χ0n) is 50.4. The summed E-state index contributed by atoms with van der Waals surface area (Å²) >= 11 is 0. The molecule has 0 atom stereocenters. The molecule has 0 aliphatic rings. The van der Waals surface area contributed by atoms with Gasteiger partial charge in [-0.25, -0.2) is 38.8 Å². The first-order valence-electron chi connectivity index (χ1n) is 24.3. The molecule has 460 valence electrons. The summed E-state index contributed by atoms with van der Waals surface area (Å²) in [5.41, 5.74) is 12.1. The van der Waals surface area contributed by atoms with Gasteiger partial charge >= 0.3 is 199 Å². The van der Waals surface area contributed by atoms with Crippen LogP contribution < -0.4 is 189 Å². The van der Waals surface area contributed by atoms with E-state index in [-0.39, 0.29) is 261 Å². The molecule has 96 heavy (non-hydrogen) atoms.